The lowest BCUT2D eigenvalue weighted by atomic mass is 10.1. The predicted molar refractivity (Wildman–Crippen MR) is 76.9 cm³/mol. The monoisotopic (exact) mass is 310 g/mol. The SMILES string of the molecule is NCC#Cc1ccc(C(=O)N2CCS(=O)(=O)CC2)c(F)c1. The number of hydrogen-bond donors (Lipinski definition) is 1. The van der Waals surface area contributed by atoms with Gasteiger partial charge in [0.25, 0.3) is 5.91 Å². The van der Waals surface area contributed by atoms with Crippen LogP contribution in [0.2, 0.25) is 0 Å². The maximum atomic E-state index is 14.0. The molecule has 0 unspecified atom stereocenters. The fourth-order valence-corrected chi connectivity index (χ4v) is 3.21. The summed E-state index contributed by atoms with van der Waals surface area (Å²) in [5.74, 6) is 3.95. The highest BCUT2D eigenvalue weighted by Gasteiger charge is 2.27. The van der Waals surface area contributed by atoms with Gasteiger partial charge in [-0.25, -0.2) is 12.8 Å². The van der Waals surface area contributed by atoms with Crippen LogP contribution in [0.3, 0.4) is 0 Å². The molecular formula is C14H15FN2O3S. The summed E-state index contributed by atoms with van der Waals surface area (Å²) < 4.78 is 36.6. The van der Waals surface area contributed by atoms with E-state index in [2.05, 4.69) is 11.8 Å². The van der Waals surface area contributed by atoms with Gasteiger partial charge in [-0.05, 0) is 18.2 Å². The number of benzene rings is 1. The van der Waals surface area contributed by atoms with E-state index in [1.54, 1.807) is 6.07 Å². The molecule has 5 nitrogen and oxygen atoms in total. The molecule has 1 aromatic carbocycles. The normalized spacial score (nSPS) is 17.0. The van der Waals surface area contributed by atoms with Crippen molar-refractivity contribution in [1.82, 2.24) is 4.90 Å². The first kappa shape index (κ1) is 15.5. The predicted octanol–water partition coefficient (Wildman–Crippen LogP) is 0.00650. The van der Waals surface area contributed by atoms with E-state index < -0.39 is 21.6 Å². The van der Waals surface area contributed by atoms with Gasteiger partial charge in [0, 0.05) is 18.7 Å². The molecule has 2 rings (SSSR count). The Morgan fingerprint density at radius 1 is 1.33 bits per heavy atom. The molecule has 0 aromatic heterocycles. The number of carbonyl (C=O) groups excluding carboxylic acids is 1. The molecule has 1 fully saturated rings. The second-order valence-corrected chi connectivity index (χ2v) is 6.95. The van der Waals surface area contributed by atoms with Gasteiger partial charge in [-0.15, -0.1) is 0 Å². The van der Waals surface area contributed by atoms with Crippen molar-refractivity contribution in [2.75, 3.05) is 31.1 Å². The first-order valence-electron chi connectivity index (χ1n) is 6.41. The van der Waals surface area contributed by atoms with Crippen LogP contribution in [0.5, 0.6) is 0 Å². The van der Waals surface area contributed by atoms with Crippen LogP contribution >= 0.6 is 0 Å². The fourth-order valence-electron chi connectivity index (χ4n) is 2.01. The van der Waals surface area contributed by atoms with Crippen LogP contribution in [0, 0.1) is 17.7 Å². The zero-order valence-electron chi connectivity index (χ0n) is 11.3. The highest BCUT2D eigenvalue weighted by molar-refractivity contribution is 7.91. The number of amides is 1. The maximum absolute atomic E-state index is 14.0. The van der Waals surface area contributed by atoms with Gasteiger partial charge in [0.2, 0.25) is 0 Å². The van der Waals surface area contributed by atoms with E-state index in [-0.39, 0.29) is 36.7 Å². The van der Waals surface area contributed by atoms with E-state index in [4.69, 9.17) is 5.73 Å². The van der Waals surface area contributed by atoms with Gasteiger partial charge >= 0.3 is 0 Å². The van der Waals surface area contributed by atoms with Crippen molar-refractivity contribution in [2.24, 2.45) is 5.73 Å². The van der Waals surface area contributed by atoms with Crippen LogP contribution < -0.4 is 5.73 Å². The lowest BCUT2D eigenvalue weighted by molar-refractivity contribution is 0.0765. The molecular weight excluding hydrogens is 295 g/mol. The highest BCUT2D eigenvalue weighted by Crippen LogP contribution is 2.15. The van der Waals surface area contributed by atoms with Crippen LogP contribution in [-0.2, 0) is 9.84 Å². The topological polar surface area (TPSA) is 80.5 Å². The van der Waals surface area contributed by atoms with Crippen LogP contribution in [0.15, 0.2) is 18.2 Å². The van der Waals surface area contributed by atoms with E-state index in [1.165, 1.54) is 17.0 Å². The van der Waals surface area contributed by atoms with Gasteiger partial charge in [-0.1, -0.05) is 11.8 Å². The molecule has 1 amide bonds. The van der Waals surface area contributed by atoms with Gasteiger partial charge in [-0.3, -0.25) is 4.79 Å². The van der Waals surface area contributed by atoms with Crippen LogP contribution in [0.1, 0.15) is 15.9 Å². The van der Waals surface area contributed by atoms with E-state index in [9.17, 15) is 17.6 Å². The summed E-state index contributed by atoms with van der Waals surface area (Å²) in [5.41, 5.74) is 5.60. The van der Waals surface area contributed by atoms with Crippen LogP contribution in [0.25, 0.3) is 0 Å². The zero-order valence-corrected chi connectivity index (χ0v) is 12.1. The third-order valence-corrected chi connectivity index (χ3v) is 4.78. The molecule has 2 N–H and O–H groups in total. The molecule has 0 radical (unpaired) electrons. The van der Waals surface area contributed by atoms with E-state index in [1.807, 2.05) is 0 Å². The number of nitrogens with zero attached hydrogens (tertiary/aromatic N) is 1. The molecule has 7 heteroatoms. The Labute approximate surface area is 122 Å². The Balaban J connectivity index is 2.17. The third-order valence-electron chi connectivity index (χ3n) is 3.17. The molecule has 0 spiro atoms. The zero-order chi connectivity index (χ0) is 15.5. The summed E-state index contributed by atoms with van der Waals surface area (Å²) in [6.07, 6.45) is 0. The first-order chi connectivity index (χ1) is 9.93. The second kappa shape index (κ2) is 6.24. The average Bonchev–Trinajstić information content (AvgIpc) is 2.44. The minimum absolute atomic E-state index is 0.0763. The van der Waals surface area contributed by atoms with Crippen LogP contribution in [0.4, 0.5) is 4.39 Å². The smallest absolute Gasteiger partial charge is 0.256 e. The molecule has 112 valence electrons. The largest absolute Gasteiger partial charge is 0.337 e. The van der Waals surface area contributed by atoms with Crippen molar-refractivity contribution in [3.05, 3.63) is 35.1 Å². The minimum atomic E-state index is -3.08. The number of hydrogen-bond acceptors (Lipinski definition) is 4. The molecule has 1 aliphatic rings. The summed E-state index contributed by atoms with van der Waals surface area (Å²) >= 11 is 0. The number of halogens is 1. The van der Waals surface area contributed by atoms with Gasteiger partial charge in [-0.2, -0.15) is 0 Å². The van der Waals surface area contributed by atoms with Crippen molar-refractivity contribution in [3.63, 3.8) is 0 Å². The van der Waals surface area contributed by atoms with E-state index in [0.29, 0.717) is 5.56 Å². The van der Waals surface area contributed by atoms with Crippen molar-refractivity contribution in [2.45, 2.75) is 0 Å². The van der Waals surface area contributed by atoms with Crippen molar-refractivity contribution in [3.8, 4) is 11.8 Å². The lowest BCUT2D eigenvalue weighted by Gasteiger charge is -2.26. The Hall–Kier alpha value is -1.91. The molecule has 1 heterocycles. The quantitative estimate of drug-likeness (QED) is 0.741. The van der Waals surface area contributed by atoms with E-state index in [0.717, 1.165) is 0 Å². The summed E-state index contributed by atoms with van der Waals surface area (Å²) in [5, 5.41) is 0. The third kappa shape index (κ3) is 3.80. The summed E-state index contributed by atoms with van der Waals surface area (Å²) in [4.78, 5) is 13.5. The Kier molecular flexibility index (Phi) is 4.60. The lowest BCUT2D eigenvalue weighted by Crippen LogP contribution is -2.44. The van der Waals surface area contributed by atoms with Gasteiger partial charge < -0.3 is 10.6 Å². The van der Waals surface area contributed by atoms with Crippen molar-refractivity contribution in [1.29, 1.82) is 0 Å². The Morgan fingerprint density at radius 2 is 2.00 bits per heavy atom. The summed E-state index contributed by atoms with van der Waals surface area (Å²) in [6.45, 7) is 0.356. The van der Waals surface area contributed by atoms with Crippen molar-refractivity contribution < 1.29 is 17.6 Å². The standard InChI is InChI=1S/C14H15FN2O3S/c15-13-10-11(2-1-5-16)3-4-12(13)14(18)17-6-8-21(19,20)9-7-17/h3-4,10H,5-9,16H2. The molecule has 1 aromatic rings. The molecule has 0 saturated carbocycles. The molecule has 1 saturated heterocycles. The molecule has 0 bridgehead atoms. The fraction of sp³-hybridized carbons (Fsp3) is 0.357. The summed E-state index contributed by atoms with van der Waals surface area (Å²) in [7, 11) is -3.08. The Bertz CT molecular complexity index is 705. The summed E-state index contributed by atoms with van der Waals surface area (Å²) in [6, 6.07) is 4.08. The van der Waals surface area contributed by atoms with Crippen molar-refractivity contribution >= 4 is 15.7 Å². The minimum Gasteiger partial charge on any atom is -0.337 e. The molecule has 1 aliphatic heterocycles. The van der Waals surface area contributed by atoms with Gasteiger partial charge in [0.05, 0.1) is 23.6 Å². The maximum Gasteiger partial charge on any atom is 0.256 e. The molecule has 21 heavy (non-hydrogen) atoms. The number of carbonyl (C=O) groups is 1. The highest BCUT2D eigenvalue weighted by atomic mass is 32.2. The first-order valence-corrected chi connectivity index (χ1v) is 8.23. The second-order valence-electron chi connectivity index (χ2n) is 4.64. The number of rotatable bonds is 1. The van der Waals surface area contributed by atoms with E-state index >= 15 is 0 Å². The molecule has 0 atom stereocenters. The van der Waals surface area contributed by atoms with Gasteiger partial charge in [0.15, 0.2) is 9.84 Å². The molecule has 0 aliphatic carbocycles. The van der Waals surface area contributed by atoms with Gasteiger partial charge in [0.1, 0.15) is 5.82 Å². The average molecular weight is 310 g/mol. The van der Waals surface area contributed by atoms with Crippen LogP contribution in [-0.4, -0.2) is 50.4 Å². The number of sulfone groups is 1. The Morgan fingerprint density at radius 3 is 2.57 bits per heavy atom. The number of nitrogens with two attached hydrogens (primary N) is 1.